The van der Waals surface area contributed by atoms with Crippen LogP contribution in [0, 0.1) is 17.0 Å². The van der Waals surface area contributed by atoms with Crippen LogP contribution in [0.2, 0.25) is 0 Å². The molecule has 4 nitrogen and oxygen atoms in total. The third-order valence-electron chi connectivity index (χ3n) is 1.45. The minimum atomic E-state index is -1.48. The molecule has 0 N–H and O–H groups in total. The maximum absolute atomic E-state index is 10.6. The van der Waals surface area contributed by atoms with Crippen molar-refractivity contribution in [1.82, 2.24) is 4.98 Å². The van der Waals surface area contributed by atoms with Gasteiger partial charge in [-0.2, -0.15) is 0 Å². The number of hydrogen-bond donors (Lipinski definition) is 0. The quantitative estimate of drug-likeness (QED) is 0.365. The summed E-state index contributed by atoms with van der Waals surface area (Å²) in [5, 5.41) is 10.6. The van der Waals surface area contributed by atoms with Gasteiger partial charge in [-0.1, -0.05) is 0 Å². The van der Waals surface area contributed by atoms with Gasteiger partial charge >= 0.3 is 3.36 Å². The van der Waals surface area contributed by atoms with E-state index in [0.29, 0.717) is 5.69 Å². The van der Waals surface area contributed by atoms with Crippen LogP contribution in [0.1, 0.15) is 11.3 Å². The Balaban J connectivity index is 3.14. The van der Waals surface area contributed by atoms with Crippen molar-refractivity contribution >= 4 is 31.9 Å². The fourth-order valence-corrected chi connectivity index (χ4v) is 1.23. The molecule has 0 aromatic carbocycles. The minimum absolute atomic E-state index is 0.331. The summed E-state index contributed by atoms with van der Waals surface area (Å²) >= 11 is 5.89. The van der Waals surface area contributed by atoms with E-state index < -0.39 is 8.28 Å². The second-order valence-electron chi connectivity index (χ2n) is 2.52. The molecule has 0 spiro atoms. The third-order valence-corrected chi connectivity index (χ3v) is 2.84. The highest BCUT2D eigenvalue weighted by atomic mass is 79.9. The second kappa shape index (κ2) is 3.71. The van der Waals surface area contributed by atoms with Gasteiger partial charge in [-0.05, 0) is 24.6 Å². The van der Waals surface area contributed by atoms with Gasteiger partial charge in [0.2, 0.25) is 0 Å². The van der Waals surface area contributed by atoms with Gasteiger partial charge in [-0.25, -0.2) is 0 Å². The maximum atomic E-state index is 10.6. The highest BCUT2D eigenvalue weighted by molar-refractivity contribution is 9.24. The van der Waals surface area contributed by atoms with Crippen molar-refractivity contribution in [3.63, 3.8) is 0 Å². The second-order valence-corrected chi connectivity index (χ2v) is 5.88. The lowest BCUT2D eigenvalue weighted by Gasteiger charge is -2.10. The molecule has 0 saturated carbocycles. The summed E-state index contributed by atoms with van der Waals surface area (Å²) in [6.45, 7) is 1.85. The van der Waals surface area contributed by atoms with E-state index in [4.69, 9.17) is 0 Å². The Morgan fingerprint density at radius 3 is 2.69 bits per heavy atom. The van der Waals surface area contributed by atoms with Gasteiger partial charge in [0, 0.05) is 38.1 Å². The monoisotopic (exact) mass is 308 g/mol. The van der Waals surface area contributed by atoms with E-state index in [-0.39, 0.29) is 0 Å². The highest BCUT2D eigenvalue weighted by Gasteiger charge is 2.40. The molecule has 1 aromatic heterocycles. The Labute approximate surface area is 91.8 Å². The van der Waals surface area contributed by atoms with Crippen LogP contribution in [-0.2, 0) is 3.36 Å². The Bertz CT molecular complexity index is 341. The number of nitro groups is 1. The lowest BCUT2D eigenvalue weighted by atomic mass is 10.2. The van der Waals surface area contributed by atoms with Gasteiger partial charge in [0.15, 0.2) is 0 Å². The average molecular weight is 310 g/mol. The number of aryl methyl sites for hydroxylation is 1. The minimum Gasteiger partial charge on any atom is -0.262 e. The first-order valence-corrected chi connectivity index (χ1v) is 4.98. The van der Waals surface area contributed by atoms with Gasteiger partial charge in [0.05, 0.1) is 4.92 Å². The van der Waals surface area contributed by atoms with E-state index in [9.17, 15) is 10.1 Å². The Morgan fingerprint density at radius 2 is 2.23 bits per heavy atom. The van der Waals surface area contributed by atoms with E-state index in [2.05, 4.69) is 36.8 Å². The van der Waals surface area contributed by atoms with Crippen LogP contribution >= 0.6 is 31.9 Å². The predicted octanol–water partition coefficient (Wildman–Crippen LogP) is 2.57. The zero-order valence-corrected chi connectivity index (χ0v) is 9.87. The molecule has 0 saturated heterocycles. The number of rotatable bonds is 2. The third kappa shape index (κ3) is 2.25. The van der Waals surface area contributed by atoms with E-state index in [0.717, 1.165) is 5.56 Å². The molecule has 0 unspecified atom stereocenters. The molecule has 0 fully saturated rings. The van der Waals surface area contributed by atoms with E-state index in [1.807, 2.05) is 6.92 Å². The zero-order valence-electron chi connectivity index (χ0n) is 6.70. The maximum Gasteiger partial charge on any atom is 0.368 e. The first-order chi connectivity index (χ1) is 5.94. The fourth-order valence-electron chi connectivity index (χ4n) is 0.794. The Morgan fingerprint density at radius 1 is 1.62 bits per heavy atom. The molecule has 1 aromatic rings. The number of halogens is 2. The Hall–Kier alpha value is -0.490. The van der Waals surface area contributed by atoms with Crippen LogP contribution in [0.25, 0.3) is 0 Å². The molecule has 0 amide bonds. The van der Waals surface area contributed by atoms with E-state index in [1.54, 1.807) is 12.1 Å². The van der Waals surface area contributed by atoms with Crippen LogP contribution in [0.4, 0.5) is 0 Å². The normalized spacial score (nSPS) is 11.3. The number of aromatic nitrogens is 1. The lowest BCUT2D eigenvalue weighted by molar-refractivity contribution is -0.511. The van der Waals surface area contributed by atoms with Crippen molar-refractivity contribution in [2.24, 2.45) is 0 Å². The Kier molecular flexibility index (Phi) is 3.02. The van der Waals surface area contributed by atoms with Crippen molar-refractivity contribution < 1.29 is 4.92 Å². The average Bonchev–Trinajstić information content (AvgIpc) is 2.04. The molecule has 6 heteroatoms. The van der Waals surface area contributed by atoms with Crippen LogP contribution in [0.5, 0.6) is 0 Å². The summed E-state index contributed by atoms with van der Waals surface area (Å²) in [7, 11) is 0. The van der Waals surface area contributed by atoms with Crippen molar-refractivity contribution in [2.75, 3.05) is 0 Å². The van der Waals surface area contributed by atoms with Gasteiger partial charge in [0.25, 0.3) is 0 Å². The summed E-state index contributed by atoms with van der Waals surface area (Å²) in [5.41, 5.74) is 1.26. The van der Waals surface area contributed by atoms with E-state index in [1.165, 1.54) is 6.20 Å². The summed E-state index contributed by atoms with van der Waals surface area (Å²) < 4.78 is -1.48. The molecule has 0 bridgehead atoms. The summed E-state index contributed by atoms with van der Waals surface area (Å²) in [5.74, 6) is 0. The molecule has 70 valence electrons. The molecule has 1 heterocycles. The zero-order chi connectivity index (χ0) is 10.1. The van der Waals surface area contributed by atoms with Crippen LogP contribution in [0.15, 0.2) is 18.3 Å². The number of pyridine rings is 1. The summed E-state index contributed by atoms with van der Waals surface area (Å²) in [6, 6.07) is 3.42. The van der Waals surface area contributed by atoms with Gasteiger partial charge in [-0.15, -0.1) is 0 Å². The number of alkyl halides is 2. The van der Waals surface area contributed by atoms with E-state index >= 15 is 0 Å². The van der Waals surface area contributed by atoms with Crippen molar-refractivity contribution in [3.05, 3.63) is 39.7 Å². The molecular formula is C7H6Br2N2O2. The van der Waals surface area contributed by atoms with Gasteiger partial charge in [-0.3, -0.25) is 15.1 Å². The summed E-state index contributed by atoms with van der Waals surface area (Å²) in [6.07, 6.45) is 1.53. The molecule has 13 heavy (non-hydrogen) atoms. The van der Waals surface area contributed by atoms with Crippen molar-refractivity contribution in [1.29, 1.82) is 0 Å². The molecule has 0 aliphatic heterocycles. The SMILES string of the molecule is Cc1ccnc(C(Br)(Br)[N+](=O)[O-])c1. The molecule has 0 aliphatic carbocycles. The smallest absolute Gasteiger partial charge is 0.262 e. The van der Waals surface area contributed by atoms with Crippen LogP contribution in [-0.4, -0.2) is 9.91 Å². The molecule has 0 radical (unpaired) electrons. The fraction of sp³-hybridized carbons (Fsp3) is 0.286. The van der Waals surface area contributed by atoms with Crippen LogP contribution < -0.4 is 0 Å². The first kappa shape index (κ1) is 10.6. The standard InChI is InChI=1S/C7H6Br2N2O2/c1-5-2-3-10-6(4-5)7(8,9)11(12)13/h2-4H,1H3. The molecule has 0 atom stereocenters. The number of hydrogen-bond acceptors (Lipinski definition) is 3. The van der Waals surface area contributed by atoms with Crippen molar-refractivity contribution in [3.8, 4) is 0 Å². The highest BCUT2D eigenvalue weighted by Crippen LogP contribution is 2.37. The molecule has 1 rings (SSSR count). The molecular weight excluding hydrogens is 304 g/mol. The van der Waals surface area contributed by atoms with Crippen molar-refractivity contribution in [2.45, 2.75) is 10.3 Å². The topological polar surface area (TPSA) is 56.0 Å². The molecule has 0 aliphatic rings. The van der Waals surface area contributed by atoms with Gasteiger partial charge < -0.3 is 0 Å². The van der Waals surface area contributed by atoms with Crippen LogP contribution in [0.3, 0.4) is 0 Å². The lowest BCUT2D eigenvalue weighted by Crippen LogP contribution is -2.22. The largest absolute Gasteiger partial charge is 0.368 e. The number of nitrogens with zero attached hydrogens (tertiary/aromatic N) is 2. The first-order valence-electron chi connectivity index (χ1n) is 3.40. The van der Waals surface area contributed by atoms with Gasteiger partial charge in [0.1, 0.15) is 5.69 Å². The predicted molar refractivity (Wildman–Crippen MR) is 55.5 cm³/mol. The summed E-state index contributed by atoms with van der Waals surface area (Å²) in [4.78, 5) is 14.0.